The summed E-state index contributed by atoms with van der Waals surface area (Å²) in [5, 5.41) is 9.13. The molecule has 0 saturated carbocycles. The van der Waals surface area contributed by atoms with Gasteiger partial charge in [0.2, 0.25) is 0 Å². The molecule has 32 heavy (non-hydrogen) atoms. The zero-order chi connectivity index (χ0) is 24.7. The van der Waals surface area contributed by atoms with Crippen LogP contribution in [-0.4, -0.2) is 70.1 Å². The number of hydrogen-bond donors (Lipinski definition) is 1. The van der Waals surface area contributed by atoms with Crippen molar-refractivity contribution in [2.75, 3.05) is 19.7 Å². The molecule has 0 aromatic rings. The third kappa shape index (κ3) is 9.97. The van der Waals surface area contributed by atoms with Gasteiger partial charge in [-0.15, -0.1) is 0 Å². The Morgan fingerprint density at radius 3 is 1.50 bits per heavy atom. The first-order valence-corrected chi connectivity index (χ1v) is 12.3. The maximum atomic E-state index is 12.0. The van der Waals surface area contributed by atoms with Gasteiger partial charge in [-0.3, -0.25) is 0 Å². The number of carbonyl (C=O) groups excluding carboxylic acids is 2. The summed E-state index contributed by atoms with van der Waals surface area (Å²) < 4.78 is 10.8. The maximum Gasteiger partial charge on any atom is 0.410 e. The lowest BCUT2D eigenvalue weighted by atomic mass is 9.92. The molecule has 2 heterocycles. The number of carbonyl (C=O) groups is 2. The lowest BCUT2D eigenvalue weighted by Crippen LogP contribution is -2.48. The fraction of sp³-hybridized carbons (Fsp3) is 0.920. The van der Waals surface area contributed by atoms with Crippen molar-refractivity contribution in [3.05, 3.63) is 0 Å². The normalized spacial score (nSPS) is 26.7. The molecule has 188 valence electrons. The highest BCUT2D eigenvalue weighted by molar-refractivity contribution is 5.69. The predicted molar refractivity (Wildman–Crippen MR) is 128 cm³/mol. The molecule has 7 heteroatoms. The van der Waals surface area contributed by atoms with Crippen molar-refractivity contribution in [2.24, 2.45) is 11.8 Å². The van der Waals surface area contributed by atoms with E-state index in [1.807, 2.05) is 53.4 Å². The van der Waals surface area contributed by atoms with Gasteiger partial charge in [-0.05, 0) is 92.9 Å². The molecule has 2 fully saturated rings. The summed E-state index contributed by atoms with van der Waals surface area (Å²) in [7, 11) is 0. The number of aliphatic hydroxyl groups is 1. The number of nitrogens with zero attached hydrogens (tertiary/aromatic N) is 2. The minimum absolute atomic E-state index is 0.145. The SMILES string of the molecule is CC[C@H]1CC[C@H](C)N(C(=O)OC(C)(C)C)C1.C[C@H]1CC[C@H](CO)CN1C(=O)OC(C)(C)C. The van der Waals surface area contributed by atoms with Crippen LogP contribution < -0.4 is 0 Å². The zero-order valence-corrected chi connectivity index (χ0v) is 21.9. The van der Waals surface area contributed by atoms with E-state index in [1.165, 1.54) is 6.42 Å². The molecule has 2 aliphatic heterocycles. The third-order valence-electron chi connectivity index (χ3n) is 6.05. The molecule has 2 saturated heterocycles. The van der Waals surface area contributed by atoms with E-state index in [1.54, 1.807) is 4.90 Å². The molecule has 1 N–H and O–H groups in total. The van der Waals surface area contributed by atoms with Crippen LogP contribution in [-0.2, 0) is 9.47 Å². The summed E-state index contributed by atoms with van der Waals surface area (Å²) in [4.78, 5) is 27.5. The molecule has 0 radical (unpaired) electrons. The van der Waals surface area contributed by atoms with Crippen LogP contribution >= 0.6 is 0 Å². The Kier molecular flexibility index (Phi) is 10.8. The van der Waals surface area contributed by atoms with E-state index < -0.39 is 11.2 Å². The number of ether oxygens (including phenoxy) is 2. The van der Waals surface area contributed by atoms with E-state index >= 15 is 0 Å². The van der Waals surface area contributed by atoms with E-state index in [9.17, 15) is 9.59 Å². The van der Waals surface area contributed by atoms with Crippen LogP contribution in [0.3, 0.4) is 0 Å². The van der Waals surface area contributed by atoms with E-state index in [0.29, 0.717) is 18.5 Å². The smallest absolute Gasteiger partial charge is 0.410 e. The Bertz CT molecular complexity index is 544. The molecule has 0 spiro atoms. The minimum Gasteiger partial charge on any atom is -0.444 e. The summed E-state index contributed by atoms with van der Waals surface area (Å²) in [5.41, 5.74) is -0.848. The zero-order valence-electron chi connectivity index (χ0n) is 21.9. The first kappa shape index (κ1) is 28.5. The van der Waals surface area contributed by atoms with Crippen molar-refractivity contribution in [3.63, 3.8) is 0 Å². The number of aliphatic hydroxyl groups excluding tert-OH is 1. The molecule has 2 rings (SSSR count). The van der Waals surface area contributed by atoms with Gasteiger partial charge >= 0.3 is 12.2 Å². The van der Waals surface area contributed by atoms with Crippen LogP contribution in [0.25, 0.3) is 0 Å². The highest BCUT2D eigenvalue weighted by Crippen LogP contribution is 2.26. The van der Waals surface area contributed by atoms with Gasteiger partial charge in [0, 0.05) is 31.8 Å². The summed E-state index contributed by atoms with van der Waals surface area (Å²) in [6.07, 6.45) is 4.97. The molecule has 2 amide bonds. The number of hydrogen-bond acceptors (Lipinski definition) is 5. The minimum atomic E-state index is -0.455. The van der Waals surface area contributed by atoms with Crippen molar-refractivity contribution < 1.29 is 24.2 Å². The lowest BCUT2D eigenvalue weighted by molar-refractivity contribution is 0.000895. The molecule has 0 aromatic carbocycles. The Labute approximate surface area is 195 Å². The van der Waals surface area contributed by atoms with E-state index in [4.69, 9.17) is 14.6 Å². The van der Waals surface area contributed by atoms with Crippen molar-refractivity contribution in [2.45, 2.75) is 118 Å². The van der Waals surface area contributed by atoms with Gasteiger partial charge in [0.1, 0.15) is 11.2 Å². The van der Waals surface area contributed by atoms with Crippen LogP contribution in [0.2, 0.25) is 0 Å². The molecule has 4 atom stereocenters. The predicted octanol–water partition coefficient (Wildman–Crippen LogP) is 5.45. The quantitative estimate of drug-likeness (QED) is 0.598. The van der Waals surface area contributed by atoms with E-state index in [2.05, 4.69) is 13.8 Å². The fourth-order valence-corrected chi connectivity index (χ4v) is 4.00. The average molecular weight is 457 g/mol. The summed E-state index contributed by atoms with van der Waals surface area (Å²) >= 11 is 0. The van der Waals surface area contributed by atoms with Crippen LogP contribution in [0.4, 0.5) is 9.59 Å². The van der Waals surface area contributed by atoms with Gasteiger partial charge < -0.3 is 24.4 Å². The molecule has 0 bridgehead atoms. The van der Waals surface area contributed by atoms with E-state index in [-0.39, 0.29) is 30.8 Å². The summed E-state index contributed by atoms with van der Waals surface area (Å²) in [6.45, 7) is 19.3. The average Bonchev–Trinajstić information content (AvgIpc) is 2.66. The van der Waals surface area contributed by atoms with Crippen molar-refractivity contribution >= 4 is 12.2 Å². The summed E-state index contributed by atoms with van der Waals surface area (Å²) in [6, 6.07) is 0.523. The van der Waals surface area contributed by atoms with Crippen LogP contribution in [0.15, 0.2) is 0 Å². The fourth-order valence-electron chi connectivity index (χ4n) is 4.00. The second-order valence-electron chi connectivity index (χ2n) is 11.4. The number of rotatable bonds is 2. The largest absolute Gasteiger partial charge is 0.444 e. The van der Waals surface area contributed by atoms with Gasteiger partial charge in [-0.25, -0.2) is 9.59 Å². The second kappa shape index (κ2) is 12.1. The van der Waals surface area contributed by atoms with E-state index in [0.717, 1.165) is 32.2 Å². The Morgan fingerprint density at radius 2 is 1.16 bits per heavy atom. The highest BCUT2D eigenvalue weighted by atomic mass is 16.6. The molecule has 7 nitrogen and oxygen atoms in total. The molecular weight excluding hydrogens is 408 g/mol. The Morgan fingerprint density at radius 1 is 0.781 bits per heavy atom. The van der Waals surface area contributed by atoms with Gasteiger partial charge in [0.15, 0.2) is 0 Å². The topological polar surface area (TPSA) is 79.3 Å². The van der Waals surface area contributed by atoms with Crippen molar-refractivity contribution in [3.8, 4) is 0 Å². The van der Waals surface area contributed by atoms with Gasteiger partial charge in [-0.2, -0.15) is 0 Å². The van der Waals surface area contributed by atoms with Crippen LogP contribution in [0, 0.1) is 11.8 Å². The molecular formula is C25H48N2O5. The maximum absolute atomic E-state index is 12.0. The van der Waals surface area contributed by atoms with Gasteiger partial charge in [0.05, 0.1) is 0 Å². The van der Waals surface area contributed by atoms with Gasteiger partial charge in [0.25, 0.3) is 0 Å². The number of piperidine rings is 2. The Balaban J connectivity index is 0.000000320. The number of likely N-dealkylation sites (tertiary alicyclic amines) is 2. The first-order chi connectivity index (χ1) is 14.7. The van der Waals surface area contributed by atoms with Crippen LogP contribution in [0.1, 0.15) is 94.4 Å². The lowest BCUT2D eigenvalue weighted by Gasteiger charge is -2.38. The first-order valence-electron chi connectivity index (χ1n) is 12.3. The van der Waals surface area contributed by atoms with Gasteiger partial charge in [-0.1, -0.05) is 13.3 Å². The van der Waals surface area contributed by atoms with Crippen LogP contribution in [0.5, 0.6) is 0 Å². The second-order valence-corrected chi connectivity index (χ2v) is 11.4. The summed E-state index contributed by atoms with van der Waals surface area (Å²) in [5.74, 6) is 0.840. The standard InChI is InChI=1S/C13H25NO2.C12H23NO3/c1-6-11-8-7-10(2)14(9-11)12(15)16-13(3,4)5;1-9-5-6-10(8-14)7-13(9)11(15)16-12(2,3)4/h10-11H,6-9H2,1-5H3;9-10,14H,5-8H2,1-4H3/t10-,11-;9-,10-/m00/s1. The van der Waals surface area contributed by atoms with Crippen molar-refractivity contribution in [1.29, 1.82) is 0 Å². The highest BCUT2D eigenvalue weighted by Gasteiger charge is 2.32. The number of amides is 2. The Hall–Kier alpha value is -1.50. The molecule has 2 aliphatic rings. The van der Waals surface area contributed by atoms with Crippen molar-refractivity contribution in [1.82, 2.24) is 9.80 Å². The monoisotopic (exact) mass is 456 g/mol. The molecule has 0 unspecified atom stereocenters. The molecule has 0 aromatic heterocycles. The molecule has 0 aliphatic carbocycles. The third-order valence-corrected chi connectivity index (χ3v) is 6.05.